The molecule has 5 heteroatoms. The Hall–Kier alpha value is -2.01. The van der Waals surface area contributed by atoms with E-state index >= 15 is 0 Å². The second-order valence-corrected chi connectivity index (χ2v) is 4.12. The molecule has 1 saturated heterocycles. The molecule has 1 fully saturated rings. The number of fused-ring (bicyclic) bond motifs is 1. The van der Waals surface area contributed by atoms with Gasteiger partial charge in [0.05, 0.1) is 17.1 Å². The number of aliphatic hydroxyl groups is 1. The molecule has 1 aliphatic rings. The Balaban J connectivity index is 1.92. The van der Waals surface area contributed by atoms with E-state index in [0.29, 0.717) is 24.2 Å². The Kier molecular flexibility index (Phi) is 2.26. The fraction of sp³-hybridized carbons (Fsp3) is 0.250. The number of β-amino-alcohol motifs (C(OH)–C–C–N with tert-alkyl or cyclic N) is 1. The highest BCUT2D eigenvalue weighted by molar-refractivity contribution is 5.97. The van der Waals surface area contributed by atoms with Crippen LogP contribution in [0, 0.1) is 0 Å². The van der Waals surface area contributed by atoms with Crippen molar-refractivity contribution in [1.82, 2.24) is 14.9 Å². The van der Waals surface area contributed by atoms with Crippen molar-refractivity contribution in [2.75, 3.05) is 13.1 Å². The van der Waals surface area contributed by atoms with Crippen molar-refractivity contribution >= 4 is 16.9 Å². The van der Waals surface area contributed by atoms with E-state index in [4.69, 9.17) is 5.11 Å². The molecule has 1 aliphatic heterocycles. The lowest BCUT2D eigenvalue weighted by molar-refractivity contribution is 0.00590. The molecule has 1 amide bonds. The first-order valence-corrected chi connectivity index (χ1v) is 5.42. The summed E-state index contributed by atoms with van der Waals surface area (Å²) < 4.78 is 0. The smallest absolute Gasteiger partial charge is 0.254 e. The van der Waals surface area contributed by atoms with Crippen LogP contribution < -0.4 is 0 Å². The van der Waals surface area contributed by atoms with E-state index in [9.17, 15) is 4.79 Å². The Morgan fingerprint density at radius 3 is 2.65 bits per heavy atom. The predicted octanol–water partition coefficient (Wildman–Crippen LogP) is 0.447. The molecule has 0 aliphatic carbocycles. The number of rotatable bonds is 1. The van der Waals surface area contributed by atoms with Crippen LogP contribution in [-0.2, 0) is 0 Å². The quantitative estimate of drug-likeness (QED) is 0.770. The van der Waals surface area contributed by atoms with Crippen molar-refractivity contribution < 1.29 is 9.90 Å². The molecule has 1 N–H and O–H groups in total. The molecule has 2 heterocycles. The number of likely N-dealkylation sites (tertiary alicyclic amines) is 1. The van der Waals surface area contributed by atoms with Gasteiger partial charge in [0.1, 0.15) is 0 Å². The highest BCUT2D eigenvalue weighted by atomic mass is 16.3. The Labute approximate surface area is 97.7 Å². The van der Waals surface area contributed by atoms with E-state index in [-0.39, 0.29) is 12.0 Å². The summed E-state index contributed by atoms with van der Waals surface area (Å²) >= 11 is 0. The first-order chi connectivity index (χ1) is 8.24. The average Bonchev–Trinajstić information content (AvgIpc) is 2.33. The molecule has 0 spiro atoms. The lowest BCUT2D eigenvalue weighted by atomic mass is 10.1. The van der Waals surface area contributed by atoms with Crippen LogP contribution >= 0.6 is 0 Å². The van der Waals surface area contributed by atoms with Gasteiger partial charge in [0.25, 0.3) is 5.91 Å². The van der Waals surface area contributed by atoms with Gasteiger partial charge in [0.2, 0.25) is 0 Å². The maximum absolute atomic E-state index is 12.0. The number of hydrogen-bond acceptors (Lipinski definition) is 4. The maximum Gasteiger partial charge on any atom is 0.254 e. The number of carbonyl (C=O) groups excluding carboxylic acids is 1. The minimum atomic E-state index is -0.376. The summed E-state index contributed by atoms with van der Waals surface area (Å²) in [4.78, 5) is 21.9. The van der Waals surface area contributed by atoms with Crippen LogP contribution in [0.3, 0.4) is 0 Å². The number of aliphatic hydroxyl groups excluding tert-OH is 1. The van der Waals surface area contributed by atoms with E-state index < -0.39 is 0 Å². The van der Waals surface area contributed by atoms with E-state index in [0.717, 1.165) is 5.52 Å². The third-order valence-electron chi connectivity index (χ3n) is 2.87. The predicted molar refractivity (Wildman–Crippen MR) is 61.4 cm³/mol. The monoisotopic (exact) mass is 229 g/mol. The zero-order chi connectivity index (χ0) is 11.8. The molecule has 3 rings (SSSR count). The van der Waals surface area contributed by atoms with Gasteiger partial charge in [-0.3, -0.25) is 14.8 Å². The van der Waals surface area contributed by atoms with E-state index in [1.807, 2.05) is 0 Å². The molecule has 17 heavy (non-hydrogen) atoms. The van der Waals surface area contributed by atoms with Gasteiger partial charge in [-0.1, -0.05) is 0 Å². The second-order valence-electron chi connectivity index (χ2n) is 4.12. The summed E-state index contributed by atoms with van der Waals surface area (Å²) in [5.41, 5.74) is 2.07. The lowest BCUT2D eigenvalue weighted by Crippen LogP contribution is -2.53. The van der Waals surface area contributed by atoms with E-state index in [1.54, 1.807) is 35.5 Å². The summed E-state index contributed by atoms with van der Waals surface area (Å²) in [7, 11) is 0. The van der Waals surface area contributed by atoms with Crippen LogP contribution in [0.4, 0.5) is 0 Å². The third-order valence-corrected chi connectivity index (χ3v) is 2.87. The number of aromatic nitrogens is 2. The second kappa shape index (κ2) is 3.78. The molecule has 86 valence electrons. The summed E-state index contributed by atoms with van der Waals surface area (Å²) in [6.45, 7) is 0.828. The van der Waals surface area contributed by atoms with Gasteiger partial charge >= 0.3 is 0 Å². The number of hydrogen-bond donors (Lipinski definition) is 1. The van der Waals surface area contributed by atoms with Crippen molar-refractivity contribution in [2.24, 2.45) is 0 Å². The van der Waals surface area contributed by atoms with Crippen LogP contribution in [-0.4, -0.2) is 45.1 Å². The third kappa shape index (κ3) is 1.74. The first-order valence-electron chi connectivity index (χ1n) is 5.42. The minimum absolute atomic E-state index is 0.0668. The van der Waals surface area contributed by atoms with Crippen LogP contribution in [0.2, 0.25) is 0 Å². The molecule has 5 nitrogen and oxygen atoms in total. The Bertz CT molecular complexity index is 579. The average molecular weight is 229 g/mol. The summed E-state index contributed by atoms with van der Waals surface area (Å²) in [6, 6.07) is 5.26. The fourth-order valence-corrected chi connectivity index (χ4v) is 1.90. The van der Waals surface area contributed by atoms with E-state index in [1.165, 1.54) is 0 Å². The van der Waals surface area contributed by atoms with Gasteiger partial charge in [-0.15, -0.1) is 0 Å². The van der Waals surface area contributed by atoms with Gasteiger partial charge < -0.3 is 10.0 Å². The number of amides is 1. The van der Waals surface area contributed by atoms with E-state index in [2.05, 4.69) is 9.97 Å². The lowest BCUT2D eigenvalue weighted by Gasteiger charge is -2.35. The first kappa shape index (κ1) is 10.2. The van der Waals surface area contributed by atoms with Crippen LogP contribution in [0.15, 0.2) is 30.6 Å². The van der Waals surface area contributed by atoms with Crippen LogP contribution in [0.5, 0.6) is 0 Å². The van der Waals surface area contributed by atoms with Gasteiger partial charge in [-0.25, -0.2) is 0 Å². The van der Waals surface area contributed by atoms with Crippen molar-refractivity contribution in [2.45, 2.75) is 6.10 Å². The number of carbonyl (C=O) groups is 1. The van der Waals surface area contributed by atoms with Crippen molar-refractivity contribution in [3.05, 3.63) is 36.2 Å². The highest BCUT2D eigenvalue weighted by Gasteiger charge is 2.29. The molecular formula is C12H11N3O2. The highest BCUT2D eigenvalue weighted by Crippen LogP contribution is 2.16. The summed E-state index contributed by atoms with van der Waals surface area (Å²) in [6.07, 6.45) is 2.85. The molecular weight excluding hydrogens is 218 g/mol. The van der Waals surface area contributed by atoms with Gasteiger partial charge in [0, 0.05) is 31.0 Å². The Morgan fingerprint density at radius 1 is 1.24 bits per heavy atom. The van der Waals surface area contributed by atoms with Crippen molar-refractivity contribution in [1.29, 1.82) is 0 Å². The van der Waals surface area contributed by atoms with Gasteiger partial charge in [0.15, 0.2) is 0 Å². The topological polar surface area (TPSA) is 66.3 Å². The van der Waals surface area contributed by atoms with Gasteiger partial charge in [-0.05, 0) is 18.2 Å². The summed E-state index contributed by atoms with van der Waals surface area (Å²) in [5, 5.41) is 9.17. The number of benzene rings is 1. The molecule has 1 aromatic heterocycles. The fourth-order valence-electron chi connectivity index (χ4n) is 1.90. The van der Waals surface area contributed by atoms with Gasteiger partial charge in [-0.2, -0.15) is 0 Å². The molecule has 0 atom stereocenters. The van der Waals surface area contributed by atoms with Crippen molar-refractivity contribution in [3.8, 4) is 0 Å². The normalized spacial score (nSPS) is 15.9. The molecule has 0 saturated carbocycles. The summed E-state index contributed by atoms with van der Waals surface area (Å²) in [5.74, 6) is -0.0668. The Morgan fingerprint density at radius 2 is 1.94 bits per heavy atom. The zero-order valence-corrected chi connectivity index (χ0v) is 9.08. The van der Waals surface area contributed by atoms with Crippen LogP contribution in [0.25, 0.3) is 11.0 Å². The molecule has 0 unspecified atom stereocenters. The number of nitrogens with zero attached hydrogens (tertiary/aromatic N) is 3. The molecule has 0 bridgehead atoms. The molecule has 0 radical (unpaired) electrons. The zero-order valence-electron chi connectivity index (χ0n) is 9.08. The molecule has 1 aromatic carbocycles. The van der Waals surface area contributed by atoms with Crippen LogP contribution in [0.1, 0.15) is 10.4 Å². The maximum atomic E-state index is 12.0. The minimum Gasteiger partial charge on any atom is -0.389 e. The largest absolute Gasteiger partial charge is 0.389 e. The SMILES string of the molecule is O=C(c1ccc2nccnc2c1)N1CC(O)C1. The molecule has 2 aromatic rings. The van der Waals surface area contributed by atoms with Crippen molar-refractivity contribution in [3.63, 3.8) is 0 Å². The standard InChI is InChI=1S/C12H11N3O2/c16-9-6-15(7-9)12(17)8-1-2-10-11(5-8)14-4-3-13-10/h1-5,9,16H,6-7H2.